The van der Waals surface area contributed by atoms with Crippen LogP contribution in [0.2, 0.25) is 0 Å². The van der Waals surface area contributed by atoms with Crippen LogP contribution in [0.4, 0.5) is 10.1 Å². The van der Waals surface area contributed by atoms with E-state index < -0.39 is 0 Å². The normalized spacial score (nSPS) is 21.9. The van der Waals surface area contributed by atoms with Crippen molar-refractivity contribution >= 4 is 11.6 Å². The molecule has 1 aromatic rings. The van der Waals surface area contributed by atoms with Crippen LogP contribution in [0.5, 0.6) is 0 Å². The van der Waals surface area contributed by atoms with Crippen LogP contribution in [0.3, 0.4) is 0 Å². The highest BCUT2D eigenvalue weighted by atomic mass is 19.1. The van der Waals surface area contributed by atoms with E-state index in [2.05, 4.69) is 17.1 Å². The number of carbonyl (C=O) groups is 1. The Morgan fingerprint density at radius 1 is 1.42 bits per heavy atom. The number of rotatable bonds is 3. The molecular formula is C15H21FN2O. The van der Waals surface area contributed by atoms with Crippen molar-refractivity contribution in [3.8, 4) is 0 Å². The Labute approximate surface area is 113 Å². The van der Waals surface area contributed by atoms with Gasteiger partial charge in [0.05, 0.1) is 6.04 Å². The Morgan fingerprint density at radius 2 is 2.11 bits per heavy atom. The zero-order chi connectivity index (χ0) is 13.8. The van der Waals surface area contributed by atoms with Crippen LogP contribution in [0.1, 0.15) is 26.7 Å². The average Bonchev–Trinajstić information content (AvgIpc) is 2.40. The Kier molecular flexibility index (Phi) is 4.53. The lowest BCUT2D eigenvalue weighted by molar-refractivity contribution is -0.121. The van der Waals surface area contributed by atoms with Gasteiger partial charge in [-0.3, -0.25) is 9.69 Å². The van der Waals surface area contributed by atoms with Crippen LogP contribution in [-0.2, 0) is 4.79 Å². The first kappa shape index (κ1) is 14.0. The largest absolute Gasteiger partial charge is 0.325 e. The number of likely N-dealkylation sites (tertiary alicyclic amines) is 1. The predicted molar refractivity (Wildman–Crippen MR) is 74.5 cm³/mol. The van der Waals surface area contributed by atoms with E-state index in [-0.39, 0.29) is 17.8 Å². The number of anilines is 1. The maximum absolute atomic E-state index is 12.8. The first-order valence-corrected chi connectivity index (χ1v) is 6.87. The summed E-state index contributed by atoms with van der Waals surface area (Å²) in [5.74, 6) is 0.325. The first-order valence-electron chi connectivity index (χ1n) is 6.87. The van der Waals surface area contributed by atoms with Crippen LogP contribution in [-0.4, -0.2) is 29.9 Å². The number of carbonyl (C=O) groups excluding carboxylic acids is 1. The molecule has 104 valence electrons. The number of hydrogen-bond acceptors (Lipinski definition) is 2. The third-order valence-electron chi connectivity index (χ3n) is 3.73. The lowest BCUT2D eigenvalue weighted by Crippen LogP contribution is -2.46. The second kappa shape index (κ2) is 6.15. The average molecular weight is 264 g/mol. The second-order valence-electron chi connectivity index (χ2n) is 5.41. The number of amides is 1. The van der Waals surface area contributed by atoms with Gasteiger partial charge < -0.3 is 5.32 Å². The number of piperidine rings is 1. The topological polar surface area (TPSA) is 32.3 Å². The van der Waals surface area contributed by atoms with Gasteiger partial charge in [0, 0.05) is 12.2 Å². The summed E-state index contributed by atoms with van der Waals surface area (Å²) in [6.45, 7) is 6.09. The molecular weight excluding hydrogens is 243 g/mol. The molecule has 3 nitrogen and oxygen atoms in total. The van der Waals surface area contributed by atoms with Gasteiger partial charge in [0.15, 0.2) is 0 Å². The van der Waals surface area contributed by atoms with E-state index in [4.69, 9.17) is 0 Å². The highest BCUT2D eigenvalue weighted by molar-refractivity contribution is 5.94. The van der Waals surface area contributed by atoms with Gasteiger partial charge in [-0.25, -0.2) is 4.39 Å². The number of benzene rings is 1. The van der Waals surface area contributed by atoms with Gasteiger partial charge in [0.1, 0.15) is 5.82 Å². The van der Waals surface area contributed by atoms with Crippen LogP contribution in [0.25, 0.3) is 0 Å². The molecule has 1 fully saturated rings. The van der Waals surface area contributed by atoms with Gasteiger partial charge in [0.25, 0.3) is 0 Å². The minimum absolute atomic E-state index is 0.0271. The monoisotopic (exact) mass is 264 g/mol. The Bertz CT molecular complexity index is 432. The highest BCUT2D eigenvalue weighted by Gasteiger charge is 2.25. The van der Waals surface area contributed by atoms with Gasteiger partial charge in [-0.2, -0.15) is 0 Å². The summed E-state index contributed by atoms with van der Waals surface area (Å²) in [5, 5.41) is 2.83. The van der Waals surface area contributed by atoms with E-state index in [9.17, 15) is 9.18 Å². The minimum atomic E-state index is -0.295. The molecule has 1 N–H and O–H groups in total. The van der Waals surface area contributed by atoms with E-state index in [0.717, 1.165) is 19.5 Å². The molecule has 0 radical (unpaired) electrons. The molecule has 1 aliphatic heterocycles. The SMILES string of the molecule is C[C@H]1CCCN([C@@H](C)C(=O)Nc2ccc(F)cc2)C1. The van der Waals surface area contributed by atoms with Crippen molar-refractivity contribution in [3.05, 3.63) is 30.1 Å². The molecule has 2 atom stereocenters. The van der Waals surface area contributed by atoms with Crippen LogP contribution in [0.15, 0.2) is 24.3 Å². The van der Waals surface area contributed by atoms with Gasteiger partial charge in [-0.05, 0) is 56.5 Å². The van der Waals surface area contributed by atoms with E-state index in [1.165, 1.54) is 18.6 Å². The van der Waals surface area contributed by atoms with Crippen molar-refractivity contribution in [2.24, 2.45) is 5.92 Å². The molecule has 1 amide bonds. The molecule has 1 saturated heterocycles. The van der Waals surface area contributed by atoms with Crippen LogP contribution in [0, 0.1) is 11.7 Å². The first-order chi connectivity index (χ1) is 9.06. The van der Waals surface area contributed by atoms with Gasteiger partial charge in [-0.15, -0.1) is 0 Å². The predicted octanol–water partition coefficient (Wildman–Crippen LogP) is 2.88. The molecule has 0 bridgehead atoms. The van der Waals surface area contributed by atoms with Crippen molar-refractivity contribution in [1.29, 1.82) is 0 Å². The van der Waals surface area contributed by atoms with Crippen molar-refractivity contribution in [2.75, 3.05) is 18.4 Å². The van der Waals surface area contributed by atoms with E-state index >= 15 is 0 Å². The van der Waals surface area contributed by atoms with Crippen molar-refractivity contribution in [1.82, 2.24) is 4.90 Å². The van der Waals surface area contributed by atoms with E-state index in [1.807, 2.05) is 6.92 Å². The van der Waals surface area contributed by atoms with Gasteiger partial charge in [0.2, 0.25) is 5.91 Å². The number of hydrogen-bond donors (Lipinski definition) is 1. The van der Waals surface area contributed by atoms with Crippen molar-refractivity contribution in [2.45, 2.75) is 32.7 Å². The molecule has 1 aromatic carbocycles. The molecule has 0 unspecified atom stereocenters. The summed E-state index contributed by atoms with van der Waals surface area (Å²) in [6.07, 6.45) is 2.39. The second-order valence-corrected chi connectivity index (χ2v) is 5.41. The Hall–Kier alpha value is -1.42. The summed E-state index contributed by atoms with van der Waals surface area (Å²) >= 11 is 0. The molecule has 0 aliphatic carbocycles. The zero-order valence-corrected chi connectivity index (χ0v) is 11.5. The lowest BCUT2D eigenvalue weighted by atomic mass is 9.99. The van der Waals surface area contributed by atoms with Crippen molar-refractivity contribution in [3.63, 3.8) is 0 Å². The summed E-state index contributed by atoms with van der Waals surface area (Å²) < 4.78 is 12.8. The van der Waals surface area contributed by atoms with Crippen LogP contribution < -0.4 is 5.32 Å². The molecule has 0 saturated carbocycles. The molecule has 4 heteroatoms. The maximum atomic E-state index is 12.8. The molecule has 19 heavy (non-hydrogen) atoms. The molecule has 0 aromatic heterocycles. The lowest BCUT2D eigenvalue weighted by Gasteiger charge is -2.34. The zero-order valence-electron chi connectivity index (χ0n) is 11.5. The quantitative estimate of drug-likeness (QED) is 0.910. The fourth-order valence-corrected chi connectivity index (χ4v) is 2.52. The van der Waals surface area contributed by atoms with Gasteiger partial charge in [-0.1, -0.05) is 6.92 Å². The minimum Gasteiger partial charge on any atom is -0.325 e. The summed E-state index contributed by atoms with van der Waals surface area (Å²) in [4.78, 5) is 14.4. The Morgan fingerprint density at radius 3 is 2.74 bits per heavy atom. The Balaban J connectivity index is 1.93. The summed E-state index contributed by atoms with van der Waals surface area (Å²) in [6, 6.07) is 5.72. The molecule has 1 heterocycles. The standard InChI is InChI=1S/C15H21FN2O/c1-11-4-3-9-18(10-11)12(2)15(19)17-14-7-5-13(16)6-8-14/h5-8,11-12H,3-4,9-10H2,1-2H3,(H,17,19)/t11-,12-/m0/s1. The smallest absolute Gasteiger partial charge is 0.241 e. The molecule has 0 spiro atoms. The van der Waals surface area contributed by atoms with Crippen molar-refractivity contribution < 1.29 is 9.18 Å². The highest BCUT2D eigenvalue weighted by Crippen LogP contribution is 2.18. The third kappa shape index (κ3) is 3.77. The molecule has 1 aliphatic rings. The van der Waals surface area contributed by atoms with E-state index in [0.29, 0.717) is 11.6 Å². The van der Waals surface area contributed by atoms with Crippen LogP contribution >= 0.6 is 0 Å². The summed E-state index contributed by atoms with van der Waals surface area (Å²) in [7, 11) is 0. The maximum Gasteiger partial charge on any atom is 0.241 e. The number of halogens is 1. The number of nitrogens with zero attached hydrogens (tertiary/aromatic N) is 1. The summed E-state index contributed by atoms with van der Waals surface area (Å²) in [5.41, 5.74) is 0.642. The number of nitrogens with one attached hydrogen (secondary N) is 1. The third-order valence-corrected chi connectivity index (χ3v) is 3.73. The van der Waals surface area contributed by atoms with E-state index in [1.54, 1.807) is 12.1 Å². The fraction of sp³-hybridized carbons (Fsp3) is 0.533. The fourth-order valence-electron chi connectivity index (χ4n) is 2.52. The van der Waals surface area contributed by atoms with Gasteiger partial charge >= 0.3 is 0 Å². The molecule has 2 rings (SSSR count).